The molecule has 2 aromatic carbocycles. The molecule has 1 amide bonds. The molecule has 0 aromatic heterocycles. The molecule has 0 saturated heterocycles. The van der Waals surface area contributed by atoms with Crippen molar-refractivity contribution in [1.82, 2.24) is 4.90 Å². The Morgan fingerprint density at radius 2 is 1.96 bits per heavy atom. The highest BCUT2D eigenvalue weighted by Crippen LogP contribution is 2.25. The second-order valence-corrected chi connectivity index (χ2v) is 5.59. The lowest BCUT2D eigenvalue weighted by molar-refractivity contribution is 0.0704. The van der Waals surface area contributed by atoms with Gasteiger partial charge in [-0.05, 0) is 30.2 Å². The first-order chi connectivity index (χ1) is 11.6. The molecule has 1 N–H and O–H groups in total. The maximum Gasteiger partial charge on any atom is 0.254 e. The molecule has 0 saturated carbocycles. The monoisotopic (exact) mass is 331 g/mol. The lowest BCUT2D eigenvalue weighted by Gasteiger charge is -2.28. The number of carbonyl (C=O) groups is 1. The Morgan fingerprint density at radius 3 is 2.58 bits per heavy atom. The second-order valence-electron chi connectivity index (χ2n) is 5.59. The van der Waals surface area contributed by atoms with Crippen LogP contribution in [0.3, 0.4) is 0 Å². The number of rotatable bonds is 7. The predicted molar refractivity (Wildman–Crippen MR) is 90.1 cm³/mol. The minimum absolute atomic E-state index is 0.0322. The van der Waals surface area contributed by atoms with Gasteiger partial charge in [0.25, 0.3) is 5.91 Å². The number of methoxy groups -OCH3 is 1. The fourth-order valence-corrected chi connectivity index (χ4v) is 2.70. The van der Waals surface area contributed by atoms with Crippen LogP contribution in [0.5, 0.6) is 0 Å². The van der Waals surface area contributed by atoms with Crippen LogP contribution in [0.15, 0.2) is 48.5 Å². The summed E-state index contributed by atoms with van der Waals surface area (Å²) in [5, 5.41) is 9.35. The molecule has 0 spiro atoms. The van der Waals surface area contributed by atoms with Gasteiger partial charge in [0, 0.05) is 31.9 Å². The molecule has 1 atom stereocenters. The normalized spacial score (nSPS) is 12.0. The molecular formula is C19H22FNO3. The number of ether oxygens (including phenoxy) is 1. The highest BCUT2D eigenvalue weighted by Gasteiger charge is 2.23. The van der Waals surface area contributed by atoms with Crippen LogP contribution < -0.4 is 0 Å². The quantitative estimate of drug-likeness (QED) is 0.848. The molecule has 2 aromatic rings. The second kappa shape index (κ2) is 8.57. The summed E-state index contributed by atoms with van der Waals surface area (Å²) < 4.78 is 18.7. The van der Waals surface area contributed by atoms with Crippen LogP contribution in [-0.2, 0) is 11.3 Å². The van der Waals surface area contributed by atoms with Gasteiger partial charge >= 0.3 is 0 Å². The Balaban J connectivity index is 2.28. The van der Waals surface area contributed by atoms with Gasteiger partial charge in [0.05, 0.1) is 12.6 Å². The molecule has 0 heterocycles. The molecule has 5 heteroatoms. The highest BCUT2D eigenvalue weighted by molar-refractivity contribution is 5.94. The lowest BCUT2D eigenvalue weighted by atomic mass is 10.0. The van der Waals surface area contributed by atoms with E-state index < -0.39 is 5.82 Å². The summed E-state index contributed by atoms with van der Waals surface area (Å²) in [4.78, 5) is 14.4. The van der Waals surface area contributed by atoms with E-state index in [1.165, 1.54) is 25.3 Å². The number of aliphatic hydroxyl groups is 1. The number of amides is 1. The van der Waals surface area contributed by atoms with Crippen LogP contribution in [0.1, 0.15) is 33.9 Å². The Labute approximate surface area is 141 Å². The van der Waals surface area contributed by atoms with Crippen molar-refractivity contribution in [3.05, 3.63) is 71.0 Å². The molecule has 0 radical (unpaired) electrons. The summed E-state index contributed by atoms with van der Waals surface area (Å²) in [6, 6.07) is 13.5. The molecule has 24 heavy (non-hydrogen) atoms. The van der Waals surface area contributed by atoms with Gasteiger partial charge in [-0.15, -0.1) is 0 Å². The number of aliphatic hydroxyl groups excluding tert-OH is 1. The average Bonchev–Trinajstić information content (AvgIpc) is 2.61. The standard InChI is InChI=1S/C19H22FNO3/c1-21(18(10-11-22)14-6-4-3-5-7-14)19(23)15-8-9-17(20)16(12-15)13-24-2/h3-9,12,18,22H,10-11,13H2,1-2H3. The first-order valence-electron chi connectivity index (χ1n) is 7.78. The molecule has 0 aliphatic carbocycles. The first kappa shape index (κ1) is 18.1. The molecule has 2 rings (SSSR count). The van der Waals surface area contributed by atoms with E-state index in [-0.39, 0.29) is 25.2 Å². The highest BCUT2D eigenvalue weighted by atomic mass is 19.1. The van der Waals surface area contributed by atoms with Crippen molar-refractivity contribution in [1.29, 1.82) is 0 Å². The van der Waals surface area contributed by atoms with Gasteiger partial charge in [-0.25, -0.2) is 4.39 Å². The van der Waals surface area contributed by atoms with Crippen LogP contribution >= 0.6 is 0 Å². The van der Waals surface area contributed by atoms with E-state index in [9.17, 15) is 14.3 Å². The third kappa shape index (κ3) is 4.19. The predicted octanol–water partition coefficient (Wildman–Crippen LogP) is 3.17. The molecular weight excluding hydrogens is 309 g/mol. The third-order valence-electron chi connectivity index (χ3n) is 3.97. The van der Waals surface area contributed by atoms with Gasteiger partial charge in [-0.1, -0.05) is 30.3 Å². The first-order valence-corrected chi connectivity index (χ1v) is 7.78. The zero-order valence-corrected chi connectivity index (χ0v) is 13.9. The summed E-state index contributed by atoms with van der Waals surface area (Å²) in [6.07, 6.45) is 0.429. The van der Waals surface area contributed by atoms with Gasteiger partial charge in [0.15, 0.2) is 0 Å². The molecule has 4 nitrogen and oxygen atoms in total. The van der Waals surface area contributed by atoms with Crippen molar-refractivity contribution in [2.24, 2.45) is 0 Å². The van der Waals surface area contributed by atoms with Crippen LogP contribution in [0.25, 0.3) is 0 Å². The lowest BCUT2D eigenvalue weighted by Crippen LogP contribution is -2.32. The van der Waals surface area contributed by atoms with E-state index in [4.69, 9.17) is 4.74 Å². The van der Waals surface area contributed by atoms with Crippen molar-refractivity contribution in [2.75, 3.05) is 20.8 Å². The summed E-state index contributed by atoms with van der Waals surface area (Å²) >= 11 is 0. The van der Waals surface area contributed by atoms with Crippen LogP contribution in [-0.4, -0.2) is 36.7 Å². The Kier molecular flexibility index (Phi) is 6.46. The van der Waals surface area contributed by atoms with Gasteiger partial charge in [-0.2, -0.15) is 0 Å². The van der Waals surface area contributed by atoms with E-state index >= 15 is 0 Å². The average molecular weight is 331 g/mol. The summed E-state index contributed by atoms with van der Waals surface area (Å²) in [7, 11) is 3.17. The number of halogens is 1. The van der Waals surface area contributed by atoms with Gasteiger partial charge in [0.1, 0.15) is 5.82 Å². The largest absolute Gasteiger partial charge is 0.396 e. The number of nitrogens with zero attached hydrogens (tertiary/aromatic N) is 1. The van der Waals surface area contributed by atoms with Crippen LogP contribution in [0.4, 0.5) is 4.39 Å². The van der Waals surface area contributed by atoms with E-state index in [2.05, 4.69) is 0 Å². The Bertz CT molecular complexity index is 676. The zero-order valence-electron chi connectivity index (χ0n) is 13.9. The van der Waals surface area contributed by atoms with Crippen LogP contribution in [0.2, 0.25) is 0 Å². The van der Waals surface area contributed by atoms with E-state index in [1.807, 2.05) is 30.3 Å². The van der Waals surface area contributed by atoms with Gasteiger partial charge in [0.2, 0.25) is 0 Å². The summed E-state index contributed by atoms with van der Waals surface area (Å²) in [5.41, 5.74) is 1.68. The topological polar surface area (TPSA) is 49.8 Å². The van der Waals surface area contributed by atoms with Gasteiger partial charge in [-0.3, -0.25) is 4.79 Å². The summed E-state index contributed by atoms with van der Waals surface area (Å²) in [6.45, 7) is 0.0744. The van der Waals surface area contributed by atoms with E-state index in [0.717, 1.165) is 5.56 Å². The van der Waals surface area contributed by atoms with Crippen molar-refractivity contribution < 1.29 is 19.0 Å². The Morgan fingerprint density at radius 1 is 1.25 bits per heavy atom. The van der Waals surface area contributed by atoms with Crippen LogP contribution in [0, 0.1) is 5.82 Å². The van der Waals surface area contributed by atoms with Gasteiger partial charge < -0.3 is 14.7 Å². The SMILES string of the molecule is COCc1cc(C(=O)N(C)C(CCO)c2ccccc2)ccc1F. The number of hydrogen-bond donors (Lipinski definition) is 1. The molecule has 0 fully saturated rings. The maximum absolute atomic E-state index is 13.7. The number of carbonyl (C=O) groups excluding carboxylic acids is 1. The van der Waals surface area contributed by atoms with E-state index in [1.54, 1.807) is 11.9 Å². The van der Waals surface area contributed by atoms with Crippen molar-refractivity contribution in [2.45, 2.75) is 19.1 Å². The molecule has 0 bridgehead atoms. The minimum atomic E-state index is -0.397. The number of benzene rings is 2. The molecule has 1 unspecified atom stereocenters. The fourth-order valence-electron chi connectivity index (χ4n) is 2.70. The fraction of sp³-hybridized carbons (Fsp3) is 0.316. The Hall–Kier alpha value is -2.24. The number of hydrogen-bond acceptors (Lipinski definition) is 3. The maximum atomic E-state index is 13.7. The molecule has 0 aliphatic heterocycles. The van der Waals surface area contributed by atoms with Crippen molar-refractivity contribution in [3.63, 3.8) is 0 Å². The minimum Gasteiger partial charge on any atom is -0.396 e. The molecule has 0 aliphatic rings. The smallest absolute Gasteiger partial charge is 0.254 e. The third-order valence-corrected chi connectivity index (χ3v) is 3.97. The summed E-state index contributed by atoms with van der Waals surface area (Å²) in [5.74, 6) is -0.624. The molecule has 128 valence electrons. The van der Waals surface area contributed by atoms with Crippen molar-refractivity contribution in [3.8, 4) is 0 Å². The zero-order chi connectivity index (χ0) is 17.5. The van der Waals surface area contributed by atoms with E-state index in [0.29, 0.717) is 17.5 Å². The van der Waals surface area contributed by atoms with Crippen molar-refractivity contribution >= 4 is 5.91 Å².